The zero-order valence-electron chi connectivity index (χ0n) is 22.0. The lowest BCUT2D eigenvalue weighted by molar-refractivity contribution is -0.143. The number of amidine groups is 1. The second-order valence-corrected chi connectivity index (χ2v) is 8.21. The molecule has 0 spiro atoms. The van der Waals surface area contributed by atoms with Crippen molar-refractivity contribution in [3.63, 3.8) is 0 Å². The molecule has 220 valence electrons. The van der Waals surface area contributed by atoms with E-state index >= 15 is 0 Å². The number of carbonyl (C=O) groups is 2. The van der Waals surface area contributed by atoms with E-state index in [0.717, 1.165) is 0 Å². The average Bonchev–Trinajstić information content (AvgIpc) is 3.42. The number of esters is 2. The van der Waals surface area contributed by atoms with Gasteiger partial charge in [0.1, 0.15) is 12.1 Å². The third-order valence-corrected chi connectivity index (χ3v) is 5.33. The van der Waals surface area contributed by atoms with Crippen molar-refractivity contribution in [2.24, 2.45) is 23.3 Å². The Hall–Kier alpha value is -2.92. The monoisotopic (exact) mass is 584 g/mol. The molecule has 0 radical (unpaired) electrons. The second-order valence-electron chi connectivity index (χ2n) is 6.56. The number of hydrogen-bond donors (Lipinski definition) is 2. The summed E-state index contributed by atoms with van der Waals surface area (Å²) in [6.07, 6.45) is 1.14. The standard InChI is InChI=1S/C9H15N3O4S.C6H10N2O3S.C5H11NO2.CH4/c1-4-6(9(13)15-3)10-7-8(16-5-2)12-17(14)11-7;1-3-10-5-6(11-4-2)8-12(9)7-5;1-3-4(6)5(7)8-2;/h6H,4-5H2,1-3H3,(H,10,11);3-4H2,1-2H3;4H,3,6H2,1-2H3;1H4. The summed E-state index contributed by atoms with van der Waals surface area (Å²) in [5.41, 5.74) is 5.25. The zero-order valence-corrected chi connectivity index (χ0v) is 23.7. The highest BCUT2D eigenvalue weighted by atomic mass is 32.2. The Labute approximate surface area is 229 Å². The summed E-state index contributed by atoms with van der Waals surface area (Å²) in [7, 11) is 2.64. The molecule has 0 amide bonds. The molecule has 0 fully saturated rings. The quantitative estimate of drug-likeness (QED) is 0.384. The summed E-state index contributed by atoms with van der Waals surface area (Å²) in [6, 6.07) is -1.00. The minimum absolute atomic E-state index is 0. The van der Waals surface area contributed by atoms with Crippen molar-refractivity contribution < 1.29 is 41.7 Å². The molecule has 2 heterocycles. The first kappa shape index (κ1) is 37.2. The van der Waals surface area contributed by atoms with Crippen molar-refractivity contribution in [1.29, 1.82) is 0 Å². The molecule has 17 heteroatoms. The van der Waals surface area contributed by atoms with E-state index in [9.17, 15) is 18.0 Å². The van der Waals surface area contributed by atoms with Crippen LogP contribution in [0.25, 0.3) is 0 Å². The second kappa shape index (κ2) is 21.1. The fraction of sp³-hybridized carbons (Fsp3) is 0.714. The van der Waals surface area contributed by atoms with E-state index in [0.29, 0.717) is 32.7 Å². The van der Waals surface area contributed by atoms with Crippen molar-refractivity contribution >= 4 is 57.8 Å². The van der Waals surface area contributed by atoms with Crippen LogP contribution in [0, 0.1) is 0 Å². The Morgan fingerprint density at radius 3 is 1.55 bits per heavy atom. The zero-order chi connectivity index (χ0) is 28.4. The molecule has 2 aliphatic rings. The Kier molecular flexibility index (Phi) is 20.6. The minimum atomic E-state index is -1.68. The van der Waals surface area contributed by atoms with Gasteiger partial charge in [-0.2, -0.15) is 0 Å². The molecule has 38 heavy (non-hydrogen) atoms. The van der Waals surface area contributed by atoms with Gasteiger partial charge in [0.15, 0.2) is 0 Å². The highest BCUT2D eigenvalue weighted by Gasteiger charge is 2.26. The molecule has 0 bridgehead atoms. The normalized spacial score (nSPS) is 17.2. The van der Waals surface area contributed by atoms with E-state index in [2.05, 4.69) is 32.4 Å². The number of carbonyl (C=O) groups excluding carboxylic acids is 2. The topological polar surface area (TPSA) is 202 Å². The Balaban J connectivity index is 0. The van der Waals surface area contributed by atoms with Crippen LogP contribution in [0.3, 0.4) is 0 Å². The van der Waals surface area contributed by atoms with E-state index in [4.69, 9.17) is 19.9 Å². The molecule has 0 aromatic rings. The van der Waals surface area contributed by atoms with Gasteiger partial charge in [0.2, 0.25) is 5.84 Å². The van der Waals surface area contributed by atoms with Gasteiger partial charge in [0.25, 0.3) is 40.0 Å². The predicted octanol–water partition coefficient (Wildman–Crippen LogP) is 0.935. The van der Waals surface area contributed by atoms with Gasteiger partial charge in [-0.05, 0) is 33.6 Å². The molecule has 0 saturated carbocycles. The number of nitrogens with zero attached hydrogens (tertiary/aromatic N) is 4. The molecule has 0 aromatic carbocycles. The lowest BCUT2D eigenvalue weighted by Gasteiger charge is -2.15. The maximum Gasteiger partial charge on any atom is 0.328 e. The number of nitrogens with one attached hydrogen (secondary N) is 1. The maximum absolute atomic E-state index is 11.4. The molecule has 3 N–H and O–H groups in total. The number of nitrogens with two attached hydrogens (primary N) is 1. The summed E-state index contributed by atoms with van der Waals surface area (Å²) in [4.78, 5) is 21.8. The van der Waals surface area contributed by atoms with E-state index in [1.165, 1.54) is 14.2 Å². The number of hydrogen-bond acceptors (Lipinski definition) is 11. The van der Waals surface area contributed by atoms with E-state index in [1.54, 1.807) is 6.92 Å². The van der Waals surface area contributed by atoms with Crippen LogP contribution in [0.15, 0.2) is 17.6 Å². The van der Waals surface area contributed by atoms with Crippen LogP contribution in [0.4, 0.5) is 0 Å². The first-order valence-electron chi connectivity index (χ1n) is 11.4. The summed E-state index contributed by atoms with van der Waals surface area (Å²) >= 11 is -3.24. The average molecular weight is 585 g/mol. The smallest absolute Gasteiger partial charge is 0.328 e. The van der Waals surface area contributed by atoms with E-state index in [-0.39, 0.29) is 36.9 Å². The van der Waals surface area contributed by atoms with E-state index in [1.807, 2.05) is 27.7 Å². The van der Waals surface area contributed by atoms with Crippen LogP contribution in [0.1, 0.15) is 54.9 Å². The number of rotatable bonds is 8. The Bertz CT molecular complexity index is 901. The van der Waals surface area contributed by atoms with Gasteiger partial charge in [-0.25, -0.2) is 13.2 Å². The molecule has 3 atom stereocenters. The van der Waals surface area contributed by atoms with Gasteiger partial charge in [-0.3, -0.25) is 4.79 Å². The lowest BCUT2D eigenvalue weighted by Crippen LogP contribution is -2.44. The molecule has 2 rings (SSSR count). The fourth-order valence-corrected chi connectivity index (χ4v) is 3.41. The molecule has 0 aromatic heterocycles. The largest absolute Gasteiger partial charge is 0.475 e. The van der Waals surface area contributed by atoms with Crippen LogP contribution >= 0.6 is 0 Å². The van der Waals surface area contributed by atoms with Crippen LogP contribution in [-0.2, 0) is 55.6 Å². The Morgan fingerprint density at radius 2 is 1.18 bits per heavy atom. The highest BCUT2D eigenvalue weighted by Crippen LogP contribution is 2.06. The van der Waals surface area contributed by atoms with Gasteiger partial charge in [-0.15, -0.1) is 17.6 Å². The first-order valence-corrected chi connectivity index (χ1v) is 13.5. The van der Waals surface area contributed by atoms with Crippen molar-refractivity contribution in [2.45, 2.75) is 67.0 Å². The van der Waals surface area contributed by atoms with Gasteiger partial charge in [0.05, 0.1) is 34.0 Å². The molecular formula is C21H40N6O9S2. The van der Waals surface area contributed by atoms with Gasteiger partial charge >= 0.3 is 11.9 Å². The lowest BCUT2D eigenvalue weighted by atomic mass is 10.2. The summed E-state index contributed by atoms with van der Waals surface area (Å²) < 4.78 is 60.8. The van der Waals surface area contributed by atoms with Crippen molar-refractivity contribution in [2.75, 3.05) is 34.0 Å². The summed E-state index contributed by atoms with van der Waals surface area (Å²) in [5.74, 6) is 0.0993. The third kappa shape index (κ3) is 13.6. The molecule has 2 aliphatic heterocycles. The molecule has 3 unspecified atom stereocenters. The van der Waals surface area contributed by atoms with Crippen molar-refractivity contribution in [3.05, 3.63) is 0 Å². The summed E-state index contributed by atoms with van der Waals surface area (Å²) in [6.45, 7) is 10.4. The first-order chi connectivity index (χ1) is 17.6. The van der Waals surface area contributed by atoms with Crippen LogP contribution < -0.4 is 11.1 Å². The fourth-order valence-electron chi connectivity index (χ4n) is 2.21. The van der Waals surface area contributed by atoms with Crippen LogP contribution in [0.5, 0.6) is 0 Å². The van der Waals surface area contributed by atoms with Crippen molar-refractivity contribution in [1.82, 2.24) is 5.32 Å². The number of methoxy groups -OCH3 is 2. The van der Waals surface area contributed by atoms with Crippen LogP contribution in [0.2, 0.25) is 0 Å². The number of ether oxygens (including phenoxy) is 5. The highest BCUT2D eigenvalue weighted by molar-refractivity contribution is 7.83. The van der Waals surface area contributed by atoms with Crippen molar-refractivity contribution in [3.8, 4) is 0 Å². The van der Waals surface area contributed by atoms with Gasteiger partial charge < -0.3 is 34.7 Å². The molecule has 0 saturated heterocycles. The Morgan fingerprint density at radius 1 is 0.763 bits per heavy atom. The third-order valence-electron chi connectivity index (χ3n) is 4.03. The predicted molar refractivity (Wildman–Crippen MR) is 147 cm³/mol. The molecule has 15 nitrogen and oxygen atoms in total. The van der Waals surface area contributed by atoms with Crippen LogP contribution in [-0.4, -0.2) is 90.0 Å². The van der Waals surface area contributed by atoms with Gasteiger partial charge in [-0.1, -0.05) is 21.3 Å². The molecular weight excluding hydrogens is 544 g/mol. The molecule has 0 aliphatic carbocycles. The van der Waals surface area contributed by atoms with E-state index < -0.39 is 40.4 Å². The maximum atomic E-state index is 11.4. The minimum Gasteiger partial charge on any atom is -0.475 e. The SMILES string of the molecule is C.CCC(N)C(=O)OC.CCOC1=NS(=O)N=C1NC(CC)C(=O)OC.CCOC1=NS(=O)N=C1OCC. The van der Waals surface area contributed by atoms with Gasteiger partial charge in [0, 0.05) is 0 Å². The summed E-state index contributed by atoms with van der Waals surface area (Å²) in [5, 5.41) is 2.81.